The minimum absolute atomic E-state index is 0.0153. The molecule has 2 aromatic heterocycles. The first kappa shape index (κ1) is 32.9. The van der Waals surface area contributed by atoms with Gasteiger partial charge < -0.3 is 20.8 Å². The van der Waals surface area contributed by atoms with Gasteiger partial charge in [0.25, 0.3) is 0 Å². The first-order valence-electron chi connectivity index (χ1n) is 11.8. The molecule has 0 radical (unpaired) electrons. The molecule has 0 amide bonds. The highest BCUT2D eigenvalue weighted by atomic mass is 19.4. The van der Waals surface area contributed by atoms with E-state index in [-0.39, 0.29) is 23.3 Å². The van der Waals surface area contributed by atoms with Crippen molar-refractivity contribution in [2.75, 3.05) is 13.1 Å². The Morgan fingerprint density at radius 2 is 1.34 bits per heavy atom. The quantitative estimate of drug-likeness (QED) is 0.427. The highest BCUT2D eigenvalue weighted by Gasteiger charge is 2.33. The summed E-state index contributed by atoms with van der Waals surface area (Å²) in [7, 11) is 0. The van der Waals surface area contributed by atoms with E-state index in [1.165, 1.54) is 12.1 Å². The lowest BCUT2D eigenvalue weighted by molar-refractivity contribution is -0.141. The molecule has 4 N–H and O–H groups in total. The molecule has 0 aliphatic carbocycles. The van der Waals surface area contributed by atoms with Crippen LogP contribution in [0.25, 0.3) is 0 Å². The lowest BCUT2D eigenvalue weighted by atomic mass is 10.1. The molecule has 0 bridgehead atoms. The van der Waals surface area contributed by atoms with E-state index in [0.717, 1.165) is 17.3 Å². The number of halogens is 3. The molecule has 0 fully saturated rings. The number of aryl methyl sites for hydroxylation is 1. The van der Waals surface area contributed by atoms with Crippen LogP contribution in [0.5, 0.6) is 0 Å². The van der Waals surface area contributed by atoms with Crippen molar-refractivity contribution in [1.29, 1.82) is 0 Å². The standard InChI is InChI=1S/C12H17F3N2O.C12H20N2O.C2H6/c1-11(2,3)16-7-9(18)8-5-4-6-10(17-8)12(13,14)15;1-9-6-5-7-13-11(9)10(15)8-14-12(2,3)4;1-2/h4-6,9,16,18H,7H2,1-3H3;5-7,10,14-15H,8H2,1-4H3;1-2H3. The summed E-state index contributed by atoms with van der Waals surface area (Å²) in [5.41, 5.74) is 0.609. The minimum atomic E-state index is -4.49. The average Bonchev–Trinajstić information content (AvgIpc) is 2.76. The first-order chi connectivity index (χ1) is 16.0. The van der Waals surface area contributed by atoms with Crippen molar-refractivity contribution in [2.24, 2.45) is 0 Å². The van der Waals surface area contributed by atoms with Crippen LogP contribution in [-0.2, 0) is 6.18 Å². The van der Waals surface area contributed by atoms with E-state index in [1.54, 1.807) is 6.20 Å². The lowest BCUT2D eigenvalue weighted by Gasteiger charge is -2.23. The van der Waals surface area contributed by atoms with E-state index >= 15 is 0 Å². The van der Waals surface area contributed by atoms with Crippen molar-refractivity contribution in [2.45, 2.75) is 91.8 Å². The fraction of sp³-hybridized carbons (Fsp3) is 0.615. The van der Waals surface area contributed by atoms with Gasteiger partial charge in [-0.25, -0.2) is 4.98 Å². The van der Waals surface area contributed by atoms with Gasteiger partial charge in [0.15, 0.2) is 0 Å². The molecule has 2 unspecified atom stereocenters. The van der Waals surface area contributed by atoms with Crippen LogP contribution in [0.4, 0.5) is 13.2 Å². The fourth-order valence-corrected chi connectivity index (χ4v) is 2.65. The Balaban J connectivity index is 0.000000625. The Labute approximate surface area is 208 Å². The minimum Gasteiger partial charge on any atom is -0.385 e. The maximum Gasteiger partial charge on any atom is 0.433 e. The molecular formula is C26H43F3N4O2. The van der Waals surface area contributed by atoms with Crippen molar-refractivity contribution < 1.29 is 23.4 Å². The van der Waals surface area contributed by atoms with Gasteiger partial charge >= 0.3 is 6.18 Å². The summed E-state index contributed by atoms with van der Waals surface area (Å²) in [6.07, 6.45) is -4.38. The van der Waals surface area contributed by atoms with Crippen LogP contribution in [0.2, 0.25) is 0 Å². The van der Waals surface area contributed by atoms with Crippen LogP contribution in [0.15, 0.2) is 36.5 Å². The van der Waals surface area contributed by atoms with Gasteiger partial charge in [-0.05, 0) is 72.2 Å². The van der Waals surface area contributed by atoms with Gasteiger partial charge in [0.2, 0.25) is 0 Å². The molecule has 200 valence electrons. The van der Waals surface area contributed by atoms with Crippen molar-refractivity contribution in [3.63, 3.8) is 0 Å². The second-order valence-electron chi connectivity index (χ2n) is 9.94. The normalized spacial score (nSPS) is 13.7. The zero-order valence-corrected chi connectivity index (χ0v) is 22.5. The fourth-order valence-electron chi connectivity index (χ4n) is 2.65. The third kappa shape index (κ3) is 14.2. The second kappa shape index (κ2) is 14.5. The van der Waals surface area contributed by atoms with Crippen LogP contribution in [-0.4, -0.2) is 44.3 Å². The van der Waals surface area contributed by atoms with Crippen molar-refractivity contribution in [3.05, 3.63) is 59.2 Å². The number of alkyl halides is 3. The summed E-state index contributed by atoms with van der Waals surface area (Å²) in [6, 6.07) is 7.34. The molecule has 9 heteroatoms. The van der Waals surface area contributed by atoms with Gasteiger partial charge in [0, 0.05) is 30.4 Å². The maximum absolute atomic E-state index is 12.4. The third-order valence-electron chi connectivity index (χ3n) is 4.42. The highest BCUT2D eigenvalue weighted by Crippen LogP contribution is 2.28. The Kier molecular flexibility index (Phi) is 13.6. The van der Waals surface area contributed by atoms with Crippen LogP contribution >= 0.6 is 0 Å². The first-order valence-corrected chi connectivity index (χ1v) is 11.8. The smallest absolute Gasteiger partial charge is 0.385 e. The number of hydrogen-bond donors (Lipinski definition) is 4. The van der Waals surface area contributed by atoms with Crippen LogP contribution in [0, 0.1) is 6.92 Å². The SMILES string of the molecule is CC.CC(C)(C)NCC(O)c1cccc(C(F)(F)F)n1.Cc1cccnc1C(O)CNC(C)(C)C. The number of pyridine rings is 2. The van der Waals surface area contributed by atoms with Gasteiger partial charge in [0.05, 0.1) is 11.4 Å². The molecule has 35 heavy (non-hydrogen) atoms. The molecule has 0 spiro atoms. The molecule has 2 atom stereocenters. The largest absolute Gasteiger partial charge is 0.433 e. The summed E-state index contributed by atoms with van der Waals surface area (Å²) < 4.78 is 37.3. The predicted molar refractivity (Wildman–Crippen MR) is 135 cm³/mol. The Morgan fingerprint density at radius 3 is 1.80 bits per heavy atom. The molecule has 0 aliphatic heterocycles. The van der Waals surface area contributed by atoms with E-state index in [9.17, 15) is 23.4 Å². The van der Waals surface area contributed by atoms with E-state index in [4.69, 9.17) is 0 Å². The molecule has 2 heterocycles. The zero-order valence-electron chi connectivity index (χ0n) is 22.5. The van der Waals surface area contributed by atoms with Crippen molar-refractivity contribution in [3.8, 4) is 0 Å². The summed E-state index contributed by atoms with van der Waals surface area (Å²) >= 11 is 0. The van der Waals surface area contributed by atoms with Crippen LogP contribution < -0.4 is 10.6 Å². The van der Waals surface area contributed by atoms with E-state index in [2.05, 4.69) is 41.4 Å². The zero-order chi connectivity index (χ0) is 27.4. The number of β-amino-alcohol motifs (C(OH)–C–C–N with tert-alkyl or cyclic N) is 2. The second-order valence-corrected chi connectivity index (χ2v) is 9.94. The van der Waals surface area contributed by atoms with Crippen molar-refractivity contribution in [1.82, 2.24) is 20.6 Å². The number of aromatic nitrogens is 2. The molecule has 0 aliphatic rings. The van der Waals surface area contributed by atoms with Crippen molar-refractivity contribution >= 4 is 0 Å². The van der Waals surface area contributed by atoms with Gasteiger partial charge in [-0.2, -0.15) is 13.2 Å². The lowest BCUT2D eigenvalue weighted by Crippen LogP contribution is -2.38. The molecule has 6 nitrogen and oxygen atoms in total. The Hall–Kier alpha value is -2.07. The average molecular weight is 501 g/mol. The summed E-state index contributed by atoms with van der Waals surface area (Å²) in [4.78, 5) is 7.62. The molecule has 2 aromatic rings. The topological polar surface area (TPSA) is 90.3 Å². The summed E-state index contributed by atoms with van der Waals surface area (Å²) in [5, 5.41) is 26.0. The summed E-state index contributed by atoms with van der Waals surface area (Å²) in [5.74, 6) is 0. The van der Waals surface area contributed by atoms with E-state index < -0.39 is 24.1 Å². The van der Waals surface area contributed by atoms with Gasteiger partial charge in [-0.3, -0.25) is 4.98 Å². The highest BCUT2D eigenvalue weighted by molar-refractivity contribution is 5.20. The molecular weight excluding hydrogens is 457 g/mol. The van der Waals surface area contributed by atoms with Gasteiger partial charge in [0.1, 0.15) is 17.9 Å². The van der Waals surface area contributed by atoms with Gasteiger partial charge in [-0.15, -0.1) is 0 Å². The number of hydrogen-bond acceptors (Lipinski definition) is 6. The number of rotatable bonds is 6. The number of aliphatic hydroxyl groups is 2. The molecule has 0 saturated heterocycles. The molecule has 0 saturated carbocycles. The summed E-state index contributed by atoms with van der Waals surface area (Å²) in [6.45, 7) is 18.6. The van der Waals surface area contributed by atoms with E-state index in [0.29, 0.717) is 6.54 Å². The number of aliphatic hydroxyl groups excluding tert-OH is 2. The number of nitrogens with zero attached hydrogens (tertiary/aromatic N) is 2. The van der Waals surface area contributed by atoms with Gasteiger partial charge in [-0.1, -0.05) is 26.0 Å². The Morgan fingerprint density at radius 1 is 0.829 bits per heavy atom. The molecule has 0 aromatic carbocycles. The van der Waals surface area contributed by atoms with Crippen LogP contribution in [0.3, 0.4) is 0 Å². The molecule has 2 rings (SSSR count). The Bertz CT molecular complexity index is 863. The van der Waals surface area contributed by atoms with E-state index in [1.807, 2.05) is 53.7 Å². The predicted octanol–water partition coefficient (Wildman–Crippen LogP) is 5.36. The maximum atomic E-state index is 12.4. The monoisotopic (exact) mass is 500 g/mol. The van der Waals surface area contributed by atoms with Crippen LogP contribution in [0.1, 0.15) is 90.2 Å². The number of nitrogens with one attached hydrogen (secondary N) is 2. The third-order valence-corrected chi connectivity index (χ3v) is 4.42.